The fourth-order valence-corrected chi connectivity index (χ4v) is 2.45. The number of hydrogen-bond donors (Lipinski definition) is 2. The van der Waals surface area contributed by atoms with Crippen LogP contribution in [0.25, 0.3) is 5.69 Å². The second-order valence-electron chi connectivity index (χ2n) is 6.07. The third kappa shape index (κ3) is 3.82. The molecule has 0 bridgehead atoms. The number of carbonyl (C=O) groups excluding carboxylic acids is 1. The molecule has 0 spiro atoms. The van der Waals surface area contributed by atoms with Crippen molar-refractivity contribution in [2.24, 2.45) is 5.92 Å². The number of carbonyl (C=O) groups is 1. The van der Waals surface area contributed by atoms with Gasteiger partial charge in [0.15, 0.2) is 0 Å². The van der Waals surface area contributed by atoms with Crippen LogP contribution in [0.15, 0.2) is 37.1 Å². The molecule has 1 aromatic carbocycles. The van der Waals surface area contributed by atoms with E-state index in [1.54, 1.807) is 18.6 Å². The lowest BCUT2D eigenvalue weighted by Crippen LogP contribution is -2.24. The molecular formula is C16H19N7O2. The number of benzene rings is 1. The lowest BCUT2D eigenvalue weighted by molar-refractivity contribution is 0.0947. The topological polar surface area (TPSA) is 111 Å². The van der Waals surface area contributed by atoms with Gasteiger partial charge in [-0.05, 0) is 34.5 Å². The van der Waals surface area contributed by atoms with Gasteiger partial charge in [0.2, 0.25) is 0 Å². The predicted molar refractivity (Wildman–Crippen MR) is 89.1 cm³/mol. The van der Waals surface area contributed by atoms with Crippen molar-refractivity contribution in [3.05, 3.63) is 48.3 Å². The van der Waals surface area contributed by atoms with Gasteiger partial charge in [-0.2, -0.15) is 0 Å². The molecule has 0 aliphatic carbocycles. The molecule has 2 N–H and O–H groups in total. The Bertz CT molecular complexity index is 855. The Kier molecular flexibility index (Phi) is 4.73. The fraction of sp³-hybridized carbons (Fsp3) is 0.312. The molecule has 9 heteroatoms. The molecule has 0 aliphatic rings. The van der Waals surface area contributed by atoms with Crippen LogP contribution < -0.4 is 5.32 Å². The van der Waals surface area contributed by atoms with E-state index in [0.29, 0.717) is 18.2 Å². The Morgan fingerprint density at radius 3 is 2.88 bits per heavy atom. The lowest BCUT2D eigenvalue weighted by Gasteiger charge is -2.12. The molecule has 0 fully saturated rings. The normalized spacial score (nSPS) is 11.0. The van der Waals surface area contributed by atoms with E-state index in [1.165, 1.54) is 23.1 Å². The summed E-state index contributed by atoms with van der Waals surface area (Å²) in [6, 6.07) is 4.60. The number of rotatable bonds is 6. The predicted octanol–water partition coefficient (Wildman–Crippen LogP) is 1.15. The molecule has 2 heterocycles. The van der Waals surface area contributed by atoms with Crippen molar-refractivity contribution in [1.82, 2.24) is 35.1 Å². The van der Waals surface area contributed by atoms with Crippen molar-refractivity contribution in [2.75, 3.05) is 0 Å². The van der Waals surface area contributed by atoms with E-state index in [1.807, 2.05) is 4.57 Å². The zero-order valence-electron chi connectivity index (χ0n) is 14.0. The number of aromatic nitrogens is 6. The third-order valence-electron chi connectivity index (χ3n) is 3.63. The van der Waals surface area contributed by atoms with Crippen LogP contribution in [-0.4, -0.2) is 40.8 Å². The monoisotopic (exact) mass is 341 g/mol. The summed E-state index contributed by atoms with van der Waals surface area (Å²) in [7, 11) is 0. The molecule has 0 radical (unpaired) electrons. The summed E-state index contributed by atoms with van der Waals surface area (Å²) in [5, 5.41) is 23.7. The first-order chi connectivity index (χ1) is 12.0. The molecule has 2 aromatic heterocycles. The van der Waals surface area contributed by atoms with Crippen molar-refractivity contribution in [2.45, 2.75) is 26.9 Å². The summed E-state index contributed by atoms with van der Waals surface area (Å²) in [6.07, 6.45) is 4.88. The van der Waals surface area contributed by atoms with Gasteiger partial charge in [0.05, 0.1) is 29.8 Å². The van der Waals surface area contributed by atoms with Crippen molar-refractivity contribution >= 4 is 5.91 Å². The number of phenols is 1. The Hall–Kier alpha value is -3.23. The van der Waals surface area contributed by atoms with E-state index in [2.05, 4.69) is 39.7 Å². The van der Waals surface area contributed by atoms with Gasteiger partial charge in [-0.15, -0.1) is 5.10 Å². The molecule has 3 aromatic rings. The minimum Gasteiger partial charge on any atom is -0.507 e. The van der Waals surface area contributed by atoms with Gasteiger partial charge in [0, 0.05) is 12.7 Å². The Balaban J connectivity index is 1.73. The number of imidazole rings is 1. The van der Waals surface area contributed by atoms with Crippen LogP contribution in [0, 0.1) is 5.92 Å². The number of aromatic hydroxyl groups is 1. The van der Waals surface area contributed by atoms with Crippen LogP contribution in [-0.2, 0) is 13.1 Å². The van der Waals surface area contributed by atoms with Gasteiger partial charge in [0.1, 0.15) is 12.1 Å². The zero-order chi connectivity index (χ0) is 17.8. The molecule has 0 unspecified atom stereocenters. The molecule has 3 rings (SSSR count). The molecule has 0 atom stereocenters. The molecule has 1 amide bonds. The minimum atomic E-state index is -0.385. The summed E-state index contributed by atoms with van der Waals surface area (Å²) in [4.78, 5) is 16.6. The molecule has 130 valence electrons. The zero-order valence-corrected chi connectivity index (χ0v) is 14.0. The van der Waals surface area contributed by atoms with Crippen LogP contribution in [0.3, 0.4) is 0 Å². The van der Waals surface area contributed by atoms with Crippen molar-refractivity contribution < 1.29 is 9.90 Å². The maximum absolute atomic E-state index is 12.5. The van der Waals surface area contributed by atoms with E-state index in [0.717, 1.165) is 12.2 Å². The Labute approximate surface area is 144 Å². The second kappa shape index (κ2) is 7.12. The SMILES string of the molecule is CC(C)Cn1cncc1CNC(=O)c1cc(-n2cnnn2)ccc1O. The maximum atomic E-state index is 12.5. The van der Waals surface area contributed by atoms with Crippen LogP contribution in [0.1, 0.15) is 29.9 Å². The summed E-state index contributed by atoms with van der Waals surface area (Å²) in [6.45, 7) is 5.38. The highest BCUT2D eigenvalue weighted by Crippen LogP contribution is 2.20. The highest BCUT2D eigenvalue weighted by molar-refractivity contribution is 5.97. The molecule has 25 heavy (non-hydrogen) atoms. The van der Waals surface area contributed by atoms with Crippen molar-refractivity contribution in [3.8, 4) is 11.4 Å². The van der Waals surface area contributed by atoms with Gasteiger partial charge >= 0.3 is 0 Å². The average molecular weight is 341 g/mol. The number of tetrazole rings is 1. The minimum absolute atomic E-state index is 0.106. The van der Waals surface area contributed by atoms with Crippen LogP contribution >= 0.6 is 0 Å². The lowest BCUT2D eigenvalue weighted by atomic mass is 10.1. The van der Waals surface area contributed by atoms with Gasteiger partial charge in [-0.1, -0.05) is 13.8 Å². The molecule has 9 nitrogen and oxygen atoms in total. The smallest absolute Gasteiger partial charge is 0.255 e. The average Bonchev–Trinajstić information content (AvgIpc) is 3.24. The van der Waals surface area contributed by atoms with Gasteiger partial charge in [-0.25, -0.2) is 9.67 Å². The van der Waals surface area contributed by atoms with Gasteiger partial charge in [-0.3, -0.25) is 4.79 Å². The van der Waals surface area contributed by atoms with Gasteiger partial charge < -0.3 is 15.0 Å². The summed E-state index contributed by atoms with van der Waals surface area (Å²) in [5.74, 6) is -0.0181. The van der Waals surface area contributed by atoms with Crippen molar-refractivity contribution in [1.29, 1.82) is 0 Å². The van der Waals surface area contributed by atoms with E-state index >= 15 is 0 Å². The number of hydrogen-bond acceptors (Lipinski definition) is 6. The van der Waals surface area contributed by atoms with E-state index in [9.17, 15) is 9.90 Å². The number of nitrogens with one attached hydrogen (secondary N) is 1. The Morgan fingerprint density at radius 2 is 2.16 bits per heavy atom. The maximum Gasteiger partial charge on any atom is 0.255 e. The second-order valence-corrected chi connectivity index (χ2v) is 6.07. The number of phenolic OH excluding ortho intramolecular Hbond substituents is 1. The van der Waals surface area contributed by atoms with Crippen molar-refractivity contribution in [3.63, 3.8) is 0 Å². The summed E-state index contributed by atoms with van der Waals surface area (Å²) >= 11 is 0. The number of nitrogens with zero attached hydrogens (tertiary/aromatic N) is 6. The third-order valence-corrected chi connectivity index (χ3v) is 3.63. The standard InChI is InChI=1S/C16H19N7O2/c1-11(2)8-22-9-17-6-13(22)7-18-16(25)14-5-12(3-4-15(14)24)23-10-19-20-21-23/h3-6,9-11,24H,7-8H2,1-2H3,(H,18,25). The molecule has 0 saturated carbocycles. The Morgan fingerprint density at radius 1 is 1.32 bits per heavy atom. The number of amides is 1. The quantitative estimate of drug-likeness (QED) is 0.696. The van der Waals surface area contributed by atoms with E-state index in [-0.39, 0.29) is 17.2 Å². The highest BCUT2D eigenvalue weighted by atomic mass is 16.3. The van der Waals surface area contributed by atoms with E-state index < -0.39 is 0 Å². The van der Waals surface area contributed by atoms with Crippen LogP contribution in [0.2, 0.25) is 0 Å². The summed E-state index contributed by atoms with van der Waals surface area (Å²) < 4.78 is 3.41. The summed E-state index contributed by atoms with van der Waals surface area (Å²) in [5.41, 5.74) is 1.64. The van der Waals surface area contributed by atoms with Crippen LogP contribution in [0.4, 0.5) is 0 Å². The highest BCUT2D eigenvalue weighted by Gasteiger charge is 2.14. The van der Waals surface area contributed by atoms with Crippen LogP contribution in [0.5, 0.6) is 5.75 Å². The van der Waals surface area contributed by atoms with E-state index in [4.69, 9.17) is 0 Å². The fourth-order valence-electron chi connectivity index (χ4n) is 2.45. The molecule has 0 saturated heterocycles. The largest absolute Gasteiger partial charge is 0.507 e. The first-order valence-electron chi connectivity index (χ1n) is 7.88. The molecular weight excluding hydrogens is 322 g/mol. The molecule has 0 aliphatic heterocycles. The first-order valence-corrected chi connectivity index (χ1v) is 7.88. The first kappa shape index (κ1) is 16.6. The van der Waals surface area contributed by atoms with Gasteiger partial charge in [0.25, 0.3) is 5.91 Å².